The molecule has 1 aromatic heterocycles. The van der Waals surface area contributed by atoms with Crippen LogP contribution in [0, 0.1) is 0 Å². The lowest BCUT2D eigenvalue weighted by Gasteiger charge is -2.37. The van der Waals surface area contributed by atoms with Crippen molar-refractivity contribution >= 4 is 41.1 Å². The summed E-state index contributed by atoms with van der Waals surface area (Å²) in [6, 6.07) is 2.06. The summed E-state index contributed by atoms with van der Waals surface area (Å²) in [6.45, 7) is 1.39. The molecule has 5 nitrogen and oxygen atoms in total. The molecule has 108 valence electrons. The van der Waals surface area contributed by atoms with Crippen molar-refractivity contribution in [1.82, 2.24) is 4.90 Å². The topological polar surface area (TPSA) is 66.8 Å². The molecule has 7 heteroatoms. The van der Waals surface area contributed by atoms with Crippen LogP contribution >= 0.6 is 23.1 Å². The van der Waals surface area contributed by atoms with E-state index in [-0.39, 0.29) is 17.0 Å². The molecule has 1 N–H and O–H groups in total. The van der Waals surface area contributed by atoms with Crippen LogP contribution < -0.4 is 0 Å². The van der Waals surface area contributed by atoms with E-state index in [2.05, 4.69) is 6.07 Å². The largest absolute Gasteiger partial charge is 0.477 e. The van der Waals surface area contributed by atoms with Gasteiger partial charge in [0.15, 0.2) is 0 Å². The summed E-state index contributed by atoms with van der Waals surface area (Å²) in [5.74, 6) is -1.26. The molecule has 1 atom stereocenters. The van der Waals surface area contributed by atoms with Gasteiger partial charge < -0.3 is 9.84 Å². The first-order chi connectivity index (χ1) is 10.1. The van der Waals surface area contributed by atoms with Crippen LogP contribution in [-0.2, 0) is 27.4 Å². The predicted molar refractivity (Wildman–Crippen MR) is 79.6 cm³/mol. The summed E-state index contributed by atoms with van der Waals surface area (Å²) in [5, 5.41) is 10.4. The molecule has 1 fully saturated rings. The van der Waals surface area contributed by atoms with Gasteiger partial charge in [0, 0.05) is 21.6 Å². The smallest absolute Gasteiger partial charge is 0.353 e. The first kappa shape index (κ1) is 13.1. The first-order valence-electron chi connectivity index (χ1n) is 6.48. The number of hydrogen-bond donors (Lipinski definition) is 1. The second-order valence-corrected chi connectivity index (χ2v) is 7.09. The zero-order chi connectivity index (χ0) is 14.6. The van der Waals surface area contributed by atoms with Crippen LogP contribution in [0.5, 0.6) is 0 Å². The van der Waals surface area contributed by atoms with E-state index < -0.39 is 5.97 Å². The number of β-lactam (4-membered cyclic amide) rings is 1. The highest BCUT2D eigenvalue weighted by atomic mass is 32.2. The average Bonchev–Trinajstić information content (AvgIpc) is 3.05. The van der Waals surface area contributed by atoms with E-state index in [4.69, 9.17) is 9.84 Å². The molecule has 21 heavy (non-hydrogen) atoms. The second-order valence-electron chi connectivity index (χ2n) is 4.97. The maximum absolute atomic E-state index is 12.1. The maximum atomic E-state index is 12.1. The highest BCUT2D eigenvalue weighted by Gasteiger charge is 2.49. The number of carbonyl (C=O) groups excluding carboxylic acids is 1. The van der Waals surface area contributed by atoms with Gasteiger partial charge in [0.05, 0.1) is 18.8 Å². The summed E-state index contributed by atoms with van der Waals surface area (Å²) >= 11 is 3.05. The van der Waals surface area contributed by atoms with Crippen molar-refractivity contribution in [1.29, 1.82) is 0 Å². The minimum absolute atomic E-state index is 0.0750. The molecule has 4 rings (SSSR count). The van der Waals surface area contributed by atoms with Gasteiger partial charge in [-0.2, -0.15) is 0 Å². The van der Waals surface area contributed by atoms with E-state index in [1.54, 1.807) is 16.7 Å². The number of ether oxygens (including phenoxy) is 1. The third-order valence-corrected chi connectivity index (χ3v) is 5.96. The molecule has 3 aliphatic heterocycles. The molecule has 1 unspecified atom stereocenters. The van der Waals surface area contributed by atoms with Gasteiger partial charge >= 0.3 is 5.97 Å². The third-order valence-electron chi connectivity index (χ3n) is 3.70. The van der Waals surface area contributed by atoms with Crippen LogP contribution in [0.25, 0.3) is 6.08 Å². The molecule has 1 amide bonds. The van der Waals surface area contributed by atoms with Gasteiger partial charge in [-0.1, -0.05) is 0 Å². The fourth-order valence-corrected chi connectivity index (χ4v) is 4.89. The molecule has 0 aliphatic carbocycles. The molecule has 0 aromatic carbocycles. The molecule has 4 heterocycles. The monoisotopic (exact) mass is 321 g/mol. The molecule has 0 radical (unpaired) electrons. The molecular weight excluding hydrogens is 310 g/mol. The number of rotatable bonds is 2. The minimum Gasteiger partial charge on any atom is -0.477 e. The van der Waals surface area contributed by atoms with Gasteiger partial charge in [-0.3, -0.25) is 9.69 Å². The van der Waals surface area contributed by atoms with Crippen LogP contribution in [0.15, 0.2) is 22.7 Å². The van der Waals surface area contributed by atoms with E-state index in [1.807, 2.05) is 6.08 Å². The van der Waals surface area contributed by atoms with Crippen LogP contribution in [0.1, 0.15) is 15.3 Å². The standard InChI is InChI=1S/C14H11NO4S2/c16-12-9(13-15(12)10(6-20-13)14(17)18)4-8-3-7-5-19-2-1-11(7)21-8/h3-4,6,13H,1-2,5H2,(H,17,18). The number of aliphatic carboxylic acids is 1. The minimum atomic E-state index is -1.05. The fourth-order valence-electron chi connectivity index (χ4n) is 2.66. The van der Waals surface area contributed by atoms with Crippen molar-refractivity contribution in [3.8, 4) is 0 Å². The Morgan fingerprint density at radius 1 is 1.52 bits per heavy atom. The molecule has 3 aliphatic rings. The number of hydrogen-bond acceptors (Lipinski definition) is 5. The highest BCUT2D eigenvalue weighted by Crippen LogP contribution is 2.45. The number of fused-ring (bicyclic) bond motifs is 2. The van der Waals surface area contributed by atoms with Gasteiger partial charge in [0.2, 0.25) is 0 Å². The number of carboxylic acids is 1. The van der Waals surface area contributed by atoms with Gasteiger partial charge in [0.25, 0.3) is 5.91 Å². The lowest BCUT2D eigenvalue weighted by Crippen LogP contribution is -2.51. The van der Waals surface area contributed by atoms with E-state index in [1.165, 1.54) is 27.1 Å². The van der Waals surface area contributed by atoms with Crippen LogP contribution in [-0.4, -0.2) is 33.9 Å². The van der Waals surface area contributed by atoms with Gasteiger partial charge in [0.1, 0.15) is 11.1 Å². The third kappa shape index (κ3) is 1.96. The number of carboxylic acid groups (broad SMARTS) is 1. The average molecular weight is 321 g/mol. The molecule has 0 bridgehead atoms. The quantitative estimate of drug-likeness (QED) is 0.667. The number of nitrogens with zero attached hydrogens (tertiary/aromatic N) is 1. The Morgan fingerprint density at radius 3 is 3.14 bits per heavy atom. The van der Waals surface area contributed by atoms with Crippen molar-refractivity contribution in [2.24, 2.45) is 0 Å². The zero-order valence-electron chi connectivity index (χ0n) is 10.9. The van der Waals surface area contributed by atoms with E-state index in [0.717, 1.165) is 17.9 Å². The molecular formula is C14H11NO4S2. The first-order valence-corrected chi connectivity index (χ1v) is 8.24. The Kier molecular flexibility index (Phi) is 2.95. The van der Waals surface area contributed by atoms with E-state index >= 15 is 0 Å². The SMILES string of the molecule is O=C(O)C1=CSC2C(=Cc3cc4c(s3)CCOC4)C(=O)N12. The van der Waals surface area contributed by atoms with Crippen LogP contribution in [0.2, 0.25) is 0 Å². The number of amides is 1. The van der Waals surface area contributed by atoms with Crippen molar-refractivity contribution in [3.63, 3.8) is 0 Å². The number of thiophene rings is 1. The second kappa shape index (κ2) is 4.72. The van der Waals surface area contributed by atoms with E-state index in [9.17, 15) is 9.59 Å². The summed E-state index contributed by atoms with van der Waals surface area (Å²) in [4.78, 5) is 26.9. The Bertz CT molecular complexity index is 695. The normalized spacial score (nSPS) is 25.4. The van der Waals surface area contributed by atoms with Crippen molar-refractivity contribution in [2.45, 2.75) is 18.4 Å². The number of carbonyl (C=O) groups is 2. The van der Waals surface area contributed by atoms with Crippen LogP contribution in [0.3, 0.4) is 0 Å². The summed E-state index contributed by atoms with van der Waals surface area (Å²) in [7, 11) is 0. The summed E-state index contributed by atoms with van der Waals surface area (Å²) in [6.07, 6.45) is 2.81. The maximum Gasteiger partial charge on any atom is 0.353 e. The lowest BCUT2D eigenvalue weighted by atomic mass is 10.0. The Labute approximate surface area is 128 Å². The molecule has 0 spiro atoms. The van der Waals surface area contributed by atoms with Crippen molar-refractivity contribution in [3.05, 3.63) is 38.1 Å². The molecule has 0 saturated carbocycles. The Morgan fingerprint density at radius 2 is 2.38 bits per heavy atom. The molecule has 1 aromatic rings. The van der Waals surface area contributed by atoms with Gasteiger partial charge in [-0.25, -0.2) is 4.79 Å². The summed E-state index contributed by atoms with van der Waals surface area (Å²) < 4.78 is 5.42. The summed E-state index contributed by atoms with van der Waals surface area (Å²) in [5.41, 5.74) is 1.95. The highest BCUT2D eigenvalue weighted by molar-refractivity contribution is 8.03. The number of thioether (sulfide) groups is 1. The molecule has 1 saturated heterocycles. The zero-order valence-corrected chi connectivity index (χ0v) is 12.5. The van der Waals surface area contributed by atoms with Crippen LogP contribution in [0.4, 0.5) is 0 Å². The van der Waals surface area contributed by atoms with Crippen molar-refractivity contribution < 1.29 is 19.4 Å². The van der Waals surface area contributed by atoms with E-state index in [0.29, 0.717) is 12.2 Å². The van der Waals surface area contributed by atoms with Gasteiger partial charge in [-0.05, 0) is 17.7 Å². The Hall–Kier alpha value is -1.57. The Balaban J connectivity index is 1.60. The fraction of sp³-hybridized carbons (Fsp3) is 0.286. The predicted octanol–water partition coefficient (Wildman–Crippen LogP) is 2.05. The van der Waals surface area contributed by atoms with Gasteiger partial charge in [-0.15, -0.1) is 23.1 Å². The van der Waals surface area contributed by atoms with Crippen molar-refractivity contribution in [2.75, 3.05) is 6.61 Å². The lowest BCUT2D eigenvalue weighted by molar-refractivity contribution is -0.141.